The summed E-state index contributed by atoms with van der Waals surface area (Å²) in [5, 5.41) is 8.27. The Morgan fingerprint density at radius 3 is 2.50 bits per heavy atom. The molecule has 1 aromatic heterocycles. The number of hydrogen-bond donors (Lipinski definition) is 1. The molecule has 0 radical (unpaired) electrons. The zero-order valence-electron chi connectivity index (χ0n) is 14.0. The van der Waals surface area contributed by atoms with Crippen molar-refractivity contribution < 1.29 is 0 Å². The van der Waals surface area contributed by atoms with E-state index in [1.165, 1.54) is 36.9 Å². The van der Waals surface area contributed by atoms with Crippen molar-refractivity contribution in [3.63, 3.8) is 0 Å². The van der Waals surface area contributed by atoms with Crippen LogP contribution in [0, 0.1) is 18.3 Å². The zero-order chi connectivity index (χ0) is 14.9. The average Bonchev–Trinajstić information content (AvgIpc) is 2.69. The molecule has 0 aliphatic heterocycles. The van der Waals surface area contributed by atoms with Gasteiger partial charge in [-0.25, -0.2) is 0 Å². The van der Waals surface area contributed by atoms with Crippen molar-refractivity contribution in [3.05, 3.63) is 17.5 Å². The topological polar surface area (TPSA) is 29.9 Å². The molecule has 1 aliphatic carbocycles. The second-order valence-corrected chi connectivity index (χ2v) is 7.56. The second kappa shape index (κ2) is 5.88. The molecule has 2 rings (SSSR count). The van der Waals surface area contributed by atoms with Gasteiger partial charge in [0.15, 0.2) is 0 Å². The highest BCUT2D eigenvalue weighted by atomic mass is 15.3. The molecule has 1 aliphatic rings. The molecule has 20 heavy (non-hydrogen) atoms. The number of nitrogens with one attached hydrogen (secondary N) is 1. The lowest BCUT2D eigenvalue weighted by Crippen LogP contribution is -2.45. The molecule has 1 fully saturated rings. The first-order valence-electron chi connectivity index (χ1n) is 8.05. The minimum atomic E-state index is 0.386. The monoisotopic (exact) mass is 277 g/mol. The van der Waals surface area contributed by atoms with Crippen molar-refractivity contribution in [2.75, 3.05) is 0 Å². The van der Waals surface area contributed by atoms with E-state index in [-0.39, 0.29) is 0 Å². The van der Waals surface area contributed by atoms with Crippen LogP contribution in [0.25, 0.3) is 0 Å². The smallest absolute Gasteiger partial charge is 0.0540 e. The highest BCUT2D eigenvalue weighted by Crippen LogP contribution is 2.38. The largest absolute Gasteiger partial charge is 0.307 e. The van der Waals surface area contributed by atoms with Crippen LogP contribution < -0.4 is 5.32 Å². The van der Waals surface area contributed by atoms with Crippen molar-refractivity contribution in [1.29, 1.82) is 0 Å². The first-order chi connectivity index (χ1) is 9.30. The number of hydrogen-bond acceptors (Lipinski definition) is 2. The van der Waals surface area contributed by atoms with Crippen LogP contribution in [-0.2, 0) is 7.05 Å². The fourth-order valence-corrected chi connectivity index (χ4v) is 3.72. The molecule has 1 saturated carbocycles. The Morgan fingerprint density at radius 2 is 1.95 bits per heavy atom. The van der Waals surface area contributed by atoms with Crippen molar-refractivity contribution in [3.8, 4) is 0 Å². The van der Waals surface area contributed by atoms with Crippen LogP contribution in [0.5, 0.6) is 0 Å². The molecule has 3 nitrogen and oxygen atoms in total. The molecule has 114 valence electrons. The van der Waals surface area contributed by atoms with Gasteiger partial charge in [-0.1, -0.05) is 33.6 Å². The Balaban J connectivity index is 2.09. The maximum absolute atomic E-state index is 4.37. The van der Waals surface area contributed by atoms with Crippen LogP contribution in [0.3, 0.4) is 0 Å². The standard InChI is InChI=1S/C17H31N3/c1-12(14-11-18-20(6)13(14)2)19-16-10-8-7-9-15(16)17(3,4)5/h11-12,15-16,19H,7-10H2,1-6H3. The van der Waals surface area contributed by atoms with E-state index in [9.17, 15) is 0 Å². The third-order valence-corrected chi connectivity index (χ3v) is 5.08. The molecule has 0 spiro atoms. The second-order valence-electron chi connectivity index (χ2n) is 7.56. The Labute approximate surface area is 124 Å². The predicted octanol–water partition coefficient (Wildman–Crippen LogP) is 3.98. The molecule has 0 aromatic carbocycles. The molecule has 3 atom stereocenters. The summed E-state index contributed by atoms with van der Waals surface area (Å²) in [6.07, 6.45) is 7.44. The van der Waals surface area contributed by atoms with Gasteiger partial charge >= 0.3 is 0 Å². The van der Waals surface area contributed by atoms with E-state index in [4.69, 9.17) is 0 Å². The van der Waals surface area contributed by atoms with Gasteiger partial charge in [-0.15, -0.1) is 0 Å². The van der Waals surface area contributed by atoms with Crippen molar-refractivity contribution in [2.24, 2.45) is 18.4 Å². The van der Waals surface area contributed by atoms with Gasteiger partial charge in [-0.2, -0.15) is 5.10 Å². The minimum absolute atomic E-state index is 0.386. The van der Waals surface area contributed by atoms with Crippen LogP contribution in [0.2, 0.25) is 0 Å². The highest BCUT2D eigenvalue weighted by Gasteiger charge is 2.34. The molecule has 1 aromatic rings. The molecule has 0 saturated heterocycles. The van der Waals surface area contributed by atoms with Crippen LogP contribution in [0.1, 0.15) is 70.7 Å². The minimum Gasteiger partial charge on any atom is -0.307 e. The van der Waals surface area contributed by atoms with Crippen molar-refractivity contribution in [1.82, 2.24) is 15.1 Å². The third-order valence-electron chi connectivity index (χ3n) is 5.08. The van der Waals surface area contributed by atoms with Gasteiger partial charge in [0, 0.05) is 30.4 Å². The Bertz CT molecular complexity index is 442. The lowest BCUT2D eigenvalue weighted by atomic mass is 9.69. The molecule has 1 heterocycles. The third kappa shape index (κ3) is 3.25. The molecular weight excluding hydrogens is 246 g/mol. The van der Waals surface area contributed by atoms with Gasteiger partial charge in [0.05, 0.1) is 6.20 Å². The van der Waals surface area contributed by atoms with E-state index in [0.29, 0.717) is 17.5 Å². The fourth-order valence-electron chi connectivity index (χ4n) is 3.72. The lowest BCUT2D eigenvalue weighted by molar-refractivity contribution is 0.124. The maximum atomic E-state index is 4.37. The van der Waals surface area contributed by atoms with Gasteiger partial charge < -0.3 is 5.32 Å². The molecule has 3 unspecified atom stereocenters. The molecule has 1 N–H and O–H groups in total. The molecule has 0 amide bonds. The number of aromatic nitrogens is 2. The van der Waals surface area contributed by atoms with Crippen molar-refractivity contribution >= 4 is 0 Å². The summed E-state index contributed by atoms with van der Waals surface area (Å²) in [5.74, 6) is 0.774. The number of aryl methyl sites for hydroxylation is 1. The SMILES string of the molecule is Cc1c(C(C)NC2CCCCC2C(C)(C)C)cnn1C. The van der Waals surface area contributed by atoms with E-state index in [1.807, 2.05) is 17.9 Å². The summed E-state index contributed by atoms with van der Waals surface area (Å²) in [4.78, 5) is 0. The lowest BCUT2D eigenvalue weighted by Gasteiger charge is -2.42. The molecule has 0 bridgehead atoms. The number of rotatable bonds is 3. The first kappa shape index (κ1) is 15.6. The van der Waals surface area contributed by atoms with E-state index in [0.717, 1.165) is 5.92 Å². The maximum Gasteiger partial charge on any atom is 0.0540 e. The quantitative estimate of drug-likeness (QED) is 0.905. The number of nitrogens with zero attached hydrogens (tertiary/aromatic N) is 2. The summed E-state index contributed by atoms with van der Waals surface area (Å²) >= 11 is 0. The molecular formula is C17H31N3. The predicted molar refractivity (Wildman–Crippen MR) is 84.7 cm³/mol. The van der Waals surface area contributed by atoms with E-state index in [1.54, 1.807) is 0 Å². The summed E-state index contributed by atoms with van der Waals surface area (Å²) in [6.45, 7) is 11.6. The summed E-state index contributed by atoms with van der Waals surface area (Å²) in [5.41, 5.74) is 3.00. The Kier molecular flexibility index (Phi) is 4.58. The van der Waals surface area contributed by atoms with Gasteiger partial charge in [-0.05, 0) is 38.0 Å². The van der Waals surface area contributed by atoms with Gasteiger partial charge in [0.1, 0.15) is 0 Å². The van der Waals surface area contributed by atoms with Gasteiger partial charge in [0.2, 0.25) is 0 Å². The van der Waals surface area contributed by atoms with Crippen LogP contribution >= 0.6 is 0 Å². The highest BCUT2D eigenvalue weighted by molar-refractivity contribution is 5.20. The summed E-state index contributed by atoms with van der Waals surface area (Å²) < 4.78 is 1.97. The molecule has 3 heteroatoms. The summed E-state index contributed by atoms with van der Waals surface area (Å²) in [6, 6.07) is 1.02. The normalized spacial score (nSPS) is 25.7. The van der Waals surface area contributed by atoms with E-state index < -0.39 is 0 Å². The summed E-state index contributed by atoms with van der Waals surface area (Å²) in [7, 11) is 2.02. The average molecular weight is 277 g/mol. The fraction of sp³-hybridized carbons (Fsp3) is 0.824. The Hall–Kier alpha value is -0.830. The van der Waals surface area contributed by atoms with Crippen LogP contribution in [0.4, 0.5) is 0 Å². The van der Waals surface area contributed by atoms with E-state index >= 15 is 0 Å². The van der Waals surface area contributed by atoms with Crippen molar-refractivity contribution in [2.45, 2.75) is 72.4 Å². The van der Waals surface area contributed by atoms with Crippen LogP contribution in [0.15, 0.2) is 6.20 Å². The van der Waals surface area contributed by atoms with Gasteiger partial charge in [0.25, 0.3) is 0 Å². The van der Waals surface area contributed by atoms with Gasteiger partial charge in [-0.3, -0.25) is 4.68 Å². The zero-order valence-corrected chi connectivity index (χ0v) is 14.0. The van der Waals surface area contributed by atoms with Crippen LogP contribution in [-0.4, -0.2) is 15.8 Å². The van der Waals surface area contributed by atoms with E-state index in [2.05, 4.69) is 45.0 Å². The first-order valence-corrected chi connectivity index (χ1v) is 8.05. The Morgan fingerprint density at radius 1 is 1.30 bits per heavy atom.